The van der Waals surface area contributed by atoms with Crippen molar-refractivity contribution in [2.24, 2.45) is 0 Å². The lowest BCUT2D eigenvalue weighted by Gasteiger charge is -2.30. The van der Waals surface area contributed by atoms with Crippen LogP contribution in [0.4, 0.5) is 16.2 Å². The lowest BCUT2D eigenvalue weighted by Crippen LogP contribution is -2.46. The molecule has 0 radical (unpaired) electrons. The Morgan fingerprint density at radius 1 is 1.10 bits per heavy atom. The predicted molar refractivity (Wildman–Crippen MR) is 113 cm³/mol. The van der Waals surface area contributed by atoms with E-state index in [9.17, 15) is 14.4 Å². The number of hydrogen-bond donors (Lipinski definition) is 2. The largest absolute Gasteiger partial charge is 0.442 e. The van der Waals surface area contributed by atoms with Crippen molar-refractivity contribution < 1.29 is 19.1 Å². The summed E-state index contributed by atoms with van der Waals surface area (Å²) in [6, 6.07) is 12.8. The van der Waals surface area contributed by atoms with Gasteiger partial charge in [0.05, 0.1) is 16.3 Å². The molecule has 0 bridgehead atoms. The highest BCUT2D eigenvalue weighted by molar-refractivity contribution is 6.35. The fourth-order valence-electron chi connectivity index (χ4n) is 2.38. The molecule has 0 aliphatic carbocycles. The van der Waals surface area contributed by atoms with E-state index in [1.54, 1.807) is 63.2 Å². The molecule has 1 atom stereocenters. The molecule has 0 spiro atoms. The number of carbonyl (C=O) groups is 3. The summed E-state index contributed by atoms with van der Waals surface area (Å²) < 4.78 is 5.35. The topological polar surface area (TPSA) is 87.7 Å². The van der Waals surface area contributed by atoms with Gasteiger partial charge in [0, 0.05) is 5.69 Å². The molecule has 2 rings (SSSR count). The molecule has 0 saturated heterocycles. The summed E-state index contributed by atoms with van der Waals surface area (Å²) in [6.45, 7) is 6.67. The van der Waals surface area contributed by atoms with E-state index in [0.29, 0.717) is 12.0 Å². The minimum Gasteiger partial charge on any atom is -0.442 e. The van der Waals surface area contributed by atoms with Crippen LogP contribution in [0, 0.1) is 0 Å². The number of anilines is 2. The molecule has 0 aliphatic heterocycles. The van der Waals surface area contributed by atoms with Crippen LogP contribution in [0.2, 0.25) is 5.02 Å². The van der Waals surface area contributed by atoms with Crippen LogP contribution in [0.3, 0.4) is 0 Å². The minimum absolute atomic E-state index is 0.129. The van der Waals surface area contributed by atoms with Gasteiger partial charge < -0.3 is 14.8 Å². The van der Waals surface area contributed by atoms with Gasteiger partial charge in [-0.05, 0) is 52.0 Å². The Kier molecular flexibility index (Phi) is 7.23. The van der Waals surface area contributed by atoms with E-state index in [1.165, 1.54) is 6.92 Å². The van der Waals surface area contributed by atoms with Crippen LogP contribution < -0.4 is 10.7 Å². The van der Waals surface area contributed by atoms with Crippen molar-refractivity contribution in [1.82, 2.24) is 5.01 Å². The maximum Gasteiger partial charge on any atom is 0.429 e. The number of para-hydroxylation sites is 1. The predicted octanol–water partition coefficient (Wildman–Crippen LogP) is 4.74. The van der Waals surface area contributed by atoms with E-state index >= 15 is 0 Å². The molecule has 0 aliphatic rings. The first-order valence-corrected chi connectivity index (χ1v) is 9.39. The lowest BCUT2D eigenvalue weighted by atomic mass is 10.1. The first-order valence-electron chi connectivity index (χ1n) is 9.01. The Balaban J connectivity index is 2.35. The highest BCUT2D eigenvalue weighted by Crippen LogP contribution is 2.27. The van der Waals surface area contributed by atoms with Crippen LogP contribution >= 0.6 is 11.6 Å². The van der Waals surface area contributed by atoms with Gasteiger partial charge in [-0.1, -0.05) is 35.9 Å². The number of rotatable bonds is 6. The highest BCUT2D eigenvalue weighted by atomic mass is 35.5. The number of hydrogen-bond acceptors (Lipinski definition) is 5. The maximum absolute atomic E-state index is 12.8. The zero-order valence-corrected chi connectivity index (χ0v) is 17.5. The third kappa shape index (κ3) is 6.22. The molecule has 8 heteroatoms. The van der Waals surface area contributed by atoms with Gasteiger partial charge in [0.15, 0.2) is 0 Å². The molecule has 29 heavy (non-hydrogen) atoms. The molecule has 7 nitrogen and oxygen atoms in total. The first-order chi connectivity index (χ1) is 13.6. The summed E-state index contributed by atoms with van der Waals surface area (Å²) in [5.74, 6) is -0.466. The van der Waals surface area contributed by atoms with Crippen molar-refractivity contribution in [3.63, 3.8) is 0 Å². The van der Waals surface area contributed by atoms with Crippen molar-refractivity contribution >= 4 is 41.3 Å². The number of nitrogens with zero attached hydrogens (tertiary/aromatic N) is 1. The monoisotopic (exact) mass is 417 g/mol. The fourth-order valence-corrected chi connectivity index (χ4v) is 2.64. The van der Waals surface area contributed by atoms with Gasteiger partial charge in [-0.25, -0.2) is 9.80 Å². The summed E-state index contributed by atoms with van der Waals surface area (Å²) in [7, 11) is 0. The molecule has 2 aromatic rings. The van der Waals surface area contributed by atoms with Gasteiger partial charge in [-0.2, -0.15) is 0 Å². The lowest BCUT2D eigenvalue weighted by molar-refractivity contribution is -0.111. The molecule has 0 aromatic heterocycles. The number of hydrazine groups is 1. The number of ether oxygens (including phenoxy) is 1. The standard InChI is InChI=1S/C21H24ClN3O4/c1-14(13-26)25(20(28)29-21(2,3)4)24-17-12-8-11-16(22)18(17)19(27)23-15-9-6-5-7-10-15/h5-14,24H,1-4H3,(H,23,27). The van der Waals surface area contributed by atoms with Gasteiger partial charge >= 0.3 is 6.09 Å². The van der Waals surface area contributed by atoms with Gasteiger partial charge in [-0.15, -0.1) is 0 Å². The molecule has 0 heterocycles. The Labute approximate surface area is 175 Å². The molecule has 0 saturated carbocycles. The summed E-state index contributed by atoms with van der Waals surface area (Å²) in [4.78, 5) is 36.7. The van der Waals surface area contributed by atoms with E-state index in [1.807, 2.05) is 6.07 Å². The summed E-state index contributed by atoms with van der Waals surface area (Å²) in [6.07, 6.45) is -0.169. The molecule has 2 aromatic carbocycles. The second-order valence-corrected chi connectivity index (χ2v) is 7.73. The summed E-state index contributed by atoms with van der Waals surface area (Å²) in [5, 5.41) is 3.96. The number of aldehydes is 1. The third-order valence-corrected chi connectivity index (χ3v) is 4.02. The van der Waals surface area contributed by atoms with E-state index in [2.05, 4.69) is 10.7 Å². The zero-order valence-electron chi connectivity index (χ0n) is 16.7. The Morgan fingerprint density at radius 2 is 1.76 bits per heavy atom. The van der Waals surface area contributed by atoms with Crippen LogP contribution in [0.25, 0.3) is 0 Å². The Morgan fingerprint density at radius 3 is 2.34 bits per heavy atom. The van der Waals surface area contributed by atoms with Crippen LogP contribution in [-0.2, 0) is 9.53 Å². The van der Waals surface area contributed by atoms with Crippen molar-refractivity contribution in [3.8, 4) is 0 Å². The van der Waals surface area contributed by atoms with Gasteiger partial charge in [0.1, 0.15) is 17.9 Å². The zero-order chi connectivity index (χ0) is 21.6. The van der Waals surface area contributed by atoms with Crippen molar-refractivity contribution in [1.29, 1.82) is 0 Å². The van der Waals surface area contributed by atoms with E-state index in [0.717, 1.165) is 5.01 Å². The van der Waals surface area contributed by atoms with Gasteiger partial charge in [0.25, 0.3) is 5.91 Å². The number of carbonyl (C=O) groups excluding carboxylic acids is 3. The van der Waals surface area contributed by atoms with E-state index < -0.39 is 23.6 Å². The number of halogens is 1. The minimum atomic E-state index is -0.853. The first kappa shape index (κ1) is 22.2. The van der Waals surface area contributed by atoms with Crippen LogP contribution in [0.15, 0.2) is 48.5 Å². The van der Waals surface area contributed by atoms with Crippen molar-refractivity contribution in [2.75, 3.05) is 10.7 Å². The number of nitrogens with one attached hydrogen (secondary N) is 2. The van der Waals surface area contributed by atoms with Crippen LogP contribution in [0.5, 0.6) is 0 Å². The average molecular weight is 418 g/mol. The van der Waals surface area contributed by atoms with Crippen molar-refractivity contribution in [3.05, 3.63) is 59.1 Å². The summed E-state index contributed by atoms with van der Waals surface area (Å²) >= 11 is 6.27. The van der Waals surface area contributed by atoms with Gasteiger partial charge in [0.2, 0.25) is 0 Å². The van der Waals surface area contributed by atoms with E-state index in [4.69, 9.17) is 16.3 Å². The van der Waals surface area contributed by atoms with Crippen LogP contribution in [0.1, 0.15) is 38.1 Å². The fraction of sp³-hybridized carbons (Fsp3) is 0.286. The molecular weight excluding hydrogens is 394 g/mol. The normalized spacial score (nSPS) is 11.9. The second-order valence-electron chi connectivity index (χ2n) is 7.32. The second kappa shape index (κ2) is 9.43. The molecule has 154 valence electrons. The molecule has 1 unspecified atom stereocenters. The van der Waals surface area contributed by atoms with Gasteiger partial charge in [-0.3, -0.25) is 10.2 Å². The SMILES string of the molecule is CC(C=O)N(Nc1cccc(Cl)c1C(=O)Nc1ccccc1)C(=O)OC(C)(C)C. The molecule has 2 amide bonds. The highest BCUT2D eigenvalue weighted by Gasteiger charge is 2.28. The molecule has 2 N–H and O–H groups in total. The Hall–Kier alpha value is -3.06. The summed E-state index contributed by atoms with van der Waals surface area (Å²) in [5.41, 5.74) is 3.02. The number of amides is 2. The molecular formula is C21H24ClN3O4. The van der Waals surface area contributed by atoms with E-state index in [-0.39, 0.29) is 16.3 Å². The Bertz CT molecular complexity index is 881. The van der Waals surface area contributed by atoms with Crippen molar-refractivity contribution in [2.45, 2.75) is 39.3 Å². The maximum atomic E-state index is 12.8. The number of benzene rings is 2. The third-order valence-electron chi connectivity index (χ3n) is 3.71. The van der Waals surface area contributed by atoms with Crippen LogP contribution in [-0.4, -0.2) is 34.9 Å². The quantitative estimate of drug-likeness (QED) is 0.523. The average Bonchev–Trinajstić information content (AvgIpc) is 2.64. The smallest absolute Gasteiger partial charge is 0.429 e. The molecule has 0 fully saturated rings.